The van der Waals surface area contributed by atoms with Crippen LogP contribution in [0.4, 0.5) is 4.79 Å². The first kappa shape index (κ1) is 9.74. The number of carbonyl (C=O) groups excluding carboxylic acids is 1. The Hall–Kier alpha value is -1.26. The maximum absolute atomic E-state index is 10.6. The summed E-state index contributed by atoms with van der Waals surface area (Å²) in [4.78, 5) is 20.7. The van der Waals surface area contributed by atoms with Crippen LogP contribution in [0.15, 0.2) is 0 Å². The van der Waals surface area contributed by atoms with Crippen molar-refractivity contribution in [2.45, 2.75) is 19.9 Å². The van der Waals surface area contributed by atoms with E-state index in [0.29, 0.717) is 0 Å². The summed E-state index contributed by atoms with van der Waals surface area (Å²) < 4.78 is 4.45. The number of rotatable bonds is 3. The van der Waals surface area contributed by atoms with E-state index in [9.17, 15) is 9.59 Å². The first-order chi connectivity index (χ1) is 5.07. The minimum Gasteiger partial charge on any atom is -0.480 e. The monoisotopic (exact) mass is 161 g/mol. The highest BCUT2D eigenvalue weighted by atomic mass is 16.5. The summed E-state index contributed by atoms with van der Waals surface area (Å²) in [7, 11) is 0. The molecule has 0 unspecified atom stereocenters. The molecule has 0 fully saturated rings. The Labute approximate surface area is 64.3 Å². The van der Waals surface area contributed by atoms with Crippen molar-refractivity contribution in [3.8, 4) is 0 Å². The molecule has 0 heterocycles. The Morgan fingerprint density at radius 2 is 2.18 bits per heavy atom. The zero-order chi connectivity index (χ0) is 8.85. The smallest absolute Gasteiger partial charge is 0.407 e. The standard InChI is InChI=1S/C6H11NO4/c1-3-11-6(10)7-4(2)5(8)9/h4H,3H2,1-2H3,(H,7,10)(H,8,9)/t4-/m0/s1. The first-order valence-corrected chi connectivity index (χ1v) is 3.24. The second-order valence-electron chi connectivity index (χ2n) is 1.92. The zero-order valence-electron chi connectivity index (χ0n) is 6.46. The van der Waals surface area contributed by atoms with E-state index in [1.54, 1.807) is 6.92 Å². The summed E-state index contributed by atoms with van der Waals surface area (Å²) in [5, 5.41) is 10.4. The highest BCUT2D eigenvalue weighted by Crippen LogP contribution is 1.83. The molecule has 0 aliphatic heterocycles. The minimum absolute atomic E-state index is 0.234. The molecule has 2 N–H and O–H groups in total. The molecule has 0 aliphatic carbocycles. The van der Waals surface area contributed by atoms with E-state index in [-0.39, 0.29) is 6.61 Å². The zero-order valence-corrected chi connectivity index (χ0v) is 6.46. The van der Waals surface area contributed by atoms with E-state index in [0.717, 1.165) is 0 Å². The Kier molecular flexibility index (Phi) is 4.02. The van der Waals surface area contributed by atoms with E-state index in [2.05, 4.69) is 10.1 Å². The topological polar surface area (TPSA) is 75.6 Å². The van der Waals surface area contributed by atoms with Gasteiger partial charge in [0, 0.05) is 0 Å². The molecule has 11 heavy (non-hydrogen) atoms. The molecule has 64 valence electrons. The largest absolute Gasteiger partial charge is 0.480 e. The third-order valence-corrected chi connectivity index (χ3v) is 0.980. The molecule has 1 atom stereocenters. The lowest BCUT2D eigenvalue weighted by molar-refractivity contribution is -0.138. The van der Waals surface area contributed by atoms with Gasteiger partial charge in [0.2, 0.25) is 0 Å². The fourth-order valence-corrected chi connectivity index (χ4v) is 0.411. The van der Waals surface area contributed by atoms with Crippen LogP contribution in [0.5, 0.6) is 0 Å². The normalized spacial score (nSPS) is 11.8. The molecular weight excluding hydrogens is 150 g/mol. The molecular formula is C6H11NO4. The van der Waals surface area contributed by atoms with Crippen LogP contribution in [0, 0.1) is 0 Å². The third kappa shape index (κ3) is 4.19. The molecule has 0 aromatic rings. The molecule has 0 aliphatic rings. The number of nitrogens with one attached hydrogen (secondary N) is 1. The van der Waals surface area contributed by atoms with E-state index in [4.69, 9.17) is 5.11 Å². The third-order valence-electron chi connectivity index (χ3n) is 0.980. The van der Waals surface area contributed by atoms with Crippen molar-refractivity contribution in [3.05, 3.63) is 0 Å². The van der Waals surface area contributed by atoms with Crippen molar-refractivity contribution in [3.63, 3.8) is 0 Å². The summed E-state index contributed by atoms with van der Waals surface area (Å²) in [5.74, 6) is -1.09. The Morgan fingerprint density at radius 1 is 1.64 bits per heavy atom. The maximum Gasteiger partial charge on any atom is 0.407 e. The minimum atomic E-state index is -1.09. The van der Waals surface area contributed by atoms with Crippen molar-refractivity contribution in [2.24, 2.45) is 0 Å². The van der Waals surface area contributed by atoms with Gasteiger partial charge >= 0.3 is 12.1 Å². The lowest BCUT2D eigenvalue weighted by Gasteiger charge is -2.07. The van der Waals surface area contributed by atoms with Crippen molar-refractivity contribution in [1.82, 2.24) is 5.32 Å². The van der Waals surface area contributed by atoms with Gasteiger partial charge in [-0.15, -0.1) is 0 Å². The number of hydrogen-bond donors (Lipinski definition) is 2. The van der Waals surface area contributed by atoms with Gasteiger partial charge in [0.25, 0.3) is 0 Å². The summed E-state index contributed by atoms with van der Waals surface area (Å²) in [6.07, 6.45) is -0.706. The first-order valence-electron chi connectivity index (χ1n) is 3.24. The molecule has 5 nitrogen and oxygen atoms in total. The van der Waals surface area contributed by atoms with Gasteiger partial charge < -0.3 is 15.2 Å². The number of carbonyl (C=O) groups is 2. The summed E-state index contributed by atoms with van der Waals surface area (Å²) in [6, 6.07) is -0.908. The van der Waals surface area contributed by atoms with Gasteiger partial charge in [0.1, 0.15) is 6.04 Å². The number of alkyl carbamates (subject to hydrolysis) is 1. The number of carboxylic acids is 1. The fraction of sp³-hybridized carbons (Fsp3) is 0.667. The molecule has 0 saturated carbocycles. The lowest BCUT2D eigenvalue weighted by atomic mass is 10.4. The van der Waals surface area contributed by atoms with Gasteiger partial charge in [-0.25, -0.2) is 4.79 Å². The maximum atomic E-state index is 10.6. The van der Waals surface area contributed by atoms with E-state index in [1.807, 2.05) is 0 Å². The van der Waals surface area contributed by atoms with Gasteiger partial charge in [-0.1, -0.05) is 0 Å². The molecule has 1 amide bonds. The second-order valence-corrected chi connectivity index (χ2v) is 1.92. The van der Waals surface area contributed by atoms with Crippen LogP contribution < -0.4 is 5.32 Å². The van der Waals surface area contributed by atoms with Crippen LogP contribution in [0.1, 0.15) is 13.8 Å². The van der Waals surface area contributed by atoms with Crippen LogP contribution in [0.25, 0.3) is 0 Å². The van der Waals surface area contributed by atoms with Gasteiger partial charge in [0.15, 0.2) is 0 Å². The summed E-state index contributed by atoms with van der Waals surface area (Å²) >= 11 is 0. The van der Waals surface area contributed by atoms with Crippen molar-refractivity contribution in [2.75, 3.05) is 6.61 Å². The molecule has 0 rings (SSSR count). The van der Waals surface area contributed by atoms with E-state index >= 15 is 0 Å². The van der Waals surface area contributed by atoms with Crippen LogP contribution in [0.3, 0.4) is 0 Å². The SMILES string of the molecule is CCOC(=O)N[C@@H](C)C(=O)O. The predicted molar refractivity (Wildman–Crippen MR) is 37.3 cm³/mol. The molecule has 0 saturated heterocycles. The summed E-state index contributed by atoms with van der Waals surface area (Å²) in [6.45, 7) is 3.24. The second kappa shape index (κ2) is 4.54. The molecule has 0 aromatic heterocycles. The van der Waals surface area contributed by atoms with Gasteiger partial charge in [-0.2, -0.15) is 0 Å². The van der Waals surface area contributed by atoms with Crippen molar-refractivity contribution >= 4 is 12.1 Å². The van der Waals surface area contributed by atoms with Gasteiger partial charge in [-0.3, -0.25) is 4.79 Å². The lowest BCUT2D eigenvalue weighted by Crippen LogP contribution is -2.38. The number of aliphatic carboxylic acids is 1. The molecule has 0 aromatic carbocycles. The summed E-state index contributed by atoms with van der Waals surface area (Å²) in [5.41, 5.74) is 0. The van der Waals surface area contributed by atoms with E-state index in [1.165, 1.54) is 6.92 Å². The van der Waals surface area contributed by atoms with Gasteiger partial charge in [-0.05, 0) is 13.8 Å². The Balaban J connectivity index is 3.66. The number of hydrogen-bond acceptors (Lipinski definition) is 3. The number of carboxylic acid groups (broad SMARTS) is 1. The quantitative estimate of drug-likeness (QED) is 0.620. The highest BCUT2D eigenvalue weighted by Gasteiger charge is 2.13. The van der Waals surface area contributed by atoms with Crippen molar-refractivity contribution in [1.29, 1.82) is 0 Å². The molecule has 5 heteroatoms. The van der Waals surface area contributed by atoms with Crippen LogP contribution in [0.2, 0.25) is 0 Å². The predicted octanol–water partition coefficient (Wildman–Crippen LogP) is 0.206. The average molecular weight is 161 g/mol. The van der Waals surface area contributed by atoms with Gasteiger partial charge in [0.05, 0.1) is 6.61 Å². The Morgan fingerprint density at radius 3 is 2.55 bits per heavy atom. The molecule has 0 bridgehead atoms. The van der Waals surface area contributed by atoms with Crippen LogP contribution in [-0.2, 0) is 9.53 Å². The van der Waals surface area contributed by atoms with Crippen LogP contribution >= 0.6 is 0 Å². The number of amides is 1. The average Bonchev–Trinajstić information content (AvgIpc) is 1.87. The highest BCUT2D eigenvalue weighted by molar-refractivity contribution is 5.79. The van der Waals surface area contributed by atoms with Crippen LogP contribution in [-0.4, -0.2) is 29.8 Å². The molecule has 0 radical (unpaired) electrons. The Bertz CT molecular complexity index is 157. The fourth-order valence-electron chi connectivity index (χ4n) is 0.411. The molecule has 0 spiro atoms. The van der Waals surface area contributed by atoms with Crippen molar-refractivity contribution < 1.29 is 19.4 Å². The van der Waals surface area contributed by atoms with E-state index < -0.39 is 18.1 Å². The number of ether oxygens (including phenoxy) is 1.